The molecule has 0 radical (unpaired) electrons. The molecule has 3 nitrogen and oxygen atoms in total. The summed E-state index contributed by atoms with van der Waals surface area (Å²) in [5.41, 5.74) is 2.33. The van der Waals surface area contributed by atoms with Crippen molar-refractivity contribution in [2.24, 2.45) is 5.92 Å². The molecule has 98 valence electrons. The summed E-state index contributed by atoms with van der Waals surface area (Å²) in [5, 5.41) is 4.39. The predicted molar refractivity (Wildman–Crippen MR) is 75.8 cm³/mol. The van der Waals surface area contributed by atoms with E-state index in [2.05, 4.69) is 27.4 Å². The first-order chi connectivity index (χ1) is 9.33. The highest BCUT2D eigenvalue weighted by atomic mass is 35.5. The van der Waals surface area contributed by atoms with Gasteiger partial charge in [0.05, 0.1) is 5.69 Å². The van der Waals surface area contributed by atoms with E-state index in [1.165, 1.54) is 18.4 Å². The first kappa shape index (κ1) is 12.6. The van der Waals surface area contributed by atoms with E-state index in [-0.39, 0.29) is 0 Å². The van der Waals surface area contributed by atoms with Crippen LogP contribution in [-0.2, 0) is 6.54 Å². The van der Waals surface area contributed by atoms with Crippen molar-refractivity contribution in [1.29, 1.82) is 0 Å². The molecule has 0 amide bonds. The van der Waals surface area contributed by atoms with Gasteiger partial charge in [-0.15, -0.1) is 0 Å². The lowest BCUT2D eigenvalue weighted by Gasteiger charge is -2.18. The van der Waals surface area contributed by atoms with Gasteiger partial charge in [-0.05, 0) is 42.5 Å². The van der Waals surface area contributed by atoms with E-state index in [1.807, 2.05) is 18.2 Å². The van der Waals surface area contributed by atoms with E-state index < -0.39 is 0 Å². The summed E-state index contributed by atoms with van der Waals surface area (Å²) in [6.07, 6.45) is 5.96. The van der Waals surface area contributed by atoms with Crippen LogP contribution in [0.2, 0.25) is 5.02 Å². The Balaban J connectivity index is 1.69. The minimum Gasteiger partial charge on any atom is -0.304 e. The average Bonchev–Trinajstić information content (AvgIpc) is 3.27. The number of benzene rings is 1. The molecule has 19 heavy (non-hydrogen) atoms. The van der Waals surface area contributed by atoms with Gasteiger partial charge in [-0.3, -0.25) is 0 Å². The molecule has 0 bridgehead atoms. The summed E-state index contributed by atoms with van der Waals surface area (Å²) in [6, 6.07) is 10.5. The van der Waals surface area contributed by atoms with Crippen LogP contribution in [-0.4, -0.2) is 9.97 Å². The first-order valence-corrected chi connectivity index (χ1v) is 6.94. The zero-order chi connectivity index (χ0) is 13.1. The molecule has 3 rings (SSSR count). The Morgan fingerprint density at radius 2 is 2.00 bits per heavy atom. The molecule has 0 spiro atoms. The molecule has 0 aliphatic heterocycles. The van der Waals surface area contributed by atoms with Gasteiger partial charge in [0.25, 0.3) is 0 Å². The summed E-state index contributed by atoms with van der Waals surface area (Å²) in [5.74, 6) is 0.739. The number of nitrogens with zero attached hydrogens (tertiary/aromatic N) is 2. The molecular weight excluding hydrogens is 258 g/mol. The quantitative estimate of drug-likeness (QED) is 0.908. The van der Waals surface area contributed by atoms with Gasteiger partial charge >= 0.3 is 0 Å². The molecule has 1 N–H and O–H groups in total. The minimum atomic E-state index is 0.396. The monoisotopic (exact) mass is 273 g/mol. The normalized spacial score (nSPS) is 16.3. The van der Waals surface area contributed by atoms with Crippen LogP contribution in [0, 0.1) is 5.92 Å². The van der Waals surface area contributed by atoms with E-state index in [9.17, 15) is 0 Å². The van der Waals surface area contributed by atoms with Crippen LogP contribution in [0.25, 0.3) is 0 Å². The molecule has 1 fully saturated rings. The molecule has 1 aromatic heterocycles. The van der Waals surface area contributed by atoms with Crippen LogP contribution in [0.4, 0.5) is 0 Å². The van der Waals surface area contributed by atoms with Crippen LogP contribution in [0.3, 0.4) is 0 Å². The number of hydrogen-bond acceptors (Lipinski definition) is 3. The summed E-state index contributed by atoms with van der Waals surface area (Å²) in [6.45, 7) is 0.770. The maximum atomic E-state index is 5.95. The SMILES string of the molecule is Clc1ccc(C(NCc2ccncn2)C2CC2)cc1. The number of nitrogens with one attached hydrogen (secondary N) is 1. The van der Waals surface area contributed by atoms with Crippen molar-refractivity contribution in [3.05, 3.63) is 59.1 Å². The van der Waals surface area contributed by atoms with Crippen LogP contribution in [0.5, 0.6) is 0 Å². The first-order valence-electron chi connectivity index (χ1n) is 6.56. The lowest BCUT2D eigenvalue weighted by Crippen LogP contribution is -2.23. The van der Waals surface area contributed by atoms with Crippen molar-refractivity contribution in [3.8, 4) is 0 Å². The van der Waals surface area contributed by atoms with Crippen molar-refractivity contribution in [3.63, 3.8) is 0 Å². The number of halogens is 1. The molecule has 1 atom stereocenters. The molecule has 1 aliphatic rings. The lowest BCUT2D eigenvalue weighted by atomic mass is 10.0. The molecule has 1 saturated carbocycles. The third-order valence-corrected chi connectivity index (χ3v) is 3.72. The fourth-order valence-corrected chi connectivity index (χ4v) is 2.42. The number of rotatable bonds is 5. The van der Waals surface area contributed by atoms with Crippen molar-refractivity contribution in [2.75, 3.05) is 0 Å². The Bertz CT molecular complexity index is 523. The summed E-state index contributed by atoms with van der Waals surface area (Å²) in [7, 11) is 0. The molecule has 0 saturated heterocycles. The average molecular weight is 274 g/mol. The second kappa shape index (κ2) is 5.68. The molecular formula is C15H16ClN3. The van der Waals surface area contributed by atoms with Crippen molar-refractivity contribution < 1.29 is 0 Å². The fraction of sp³-hybridized carbons (Fsp3) is 0.333. The number of aromatic nitrogens is 2. The summed E-state index contributed by atoms with van der Waals surface area (Å²) in [4.78, 5) is 8.18. The van der Waals surface area contributed by atoms with Gasteiger partial charge in [0, 0.05) is 23.8 Å². The Hall–Kier alpha value is -1.45. The molecule has 4 heteroatoms. The number of hydrogen-bond donors (Lipinski definition) is 1. The summed E-state index contributed by atoms with van der Waals surface area (Å²) >= 11 is 5.95. The Labute approximate surface area is 118 Å². The minimum absolute atomic E-state index is 0.396. The third kappa shape index (κ3) is 3.31. The molecule has 1 heterocycles. The van der Waals surface area contributed by atoms with Crippen LogP contribution < -0.4 is 5.32 Å². The zero-order valence-electron chi connectivity index (χ0n) is 10.6. The van der Waals surface area contributed by atoms with Gasteiger partial charge in [-0.1, -0.05) is 23.7 Å². The Morgan fingerprint density at radius 1 is 1.21 bits per heavy atom. The fourth-order valence-electron chi connectivity index (χ4n) is 2.29. The molecule has 2 aromatic rings. The van der Waals surface area contributed by atoms with Crippen molar-refractivity contribution in [2.45, 2.75) is 25.4 Å². The highest BCUT2D eigenvalue weighted by Gasteiger charge is 2.31. The largest absolute Gasteiger partial charge is 0.304 e. The van der Waals surface area contributed by atoms with Crippen LogP contribution >= 0.6 is 11.6 Å². The van der Waals surface area contributed by atoms with E-state index in [0.29, 0.717) is 6.04 Å². The highest BCUT2D eigenvalue weighted by molar-refractivity contribution is 6.30. The van der Waals surface area contributed by atoms with Gasteiger partial charge in [0.1, 0.15) is 6.33 Å². The topological polar surface area (TPSA) is 37.8 Å². The maximum absolute atomic E-state index is 5.95. The van der Waals surface area contributed by atoms with E-state index in [4.69, 9.17) is 11.6 Å². The Kier molecular flexibility index (Phi) is 3.76. The van der Waals surface area contributed by atoms with Crippen molar-refractivity contribution >= 4 is 11.6 Å². The smallest absolute Gasteiger partial charge is 0.115 e. The zero-order valence-corrected chi connectivity index (χ0v) is 11.3. The standard InChI is InChI=1S/C15H16ClN3/c16-13-5-3-12(4-6-13)15(11-1-2-11)18-9-14-7-8-17-10-19-14/h3-8,10-11,15,18H,1-2,9H2. The van der Waals surface area contributed by atoms with Gasteiger partial charge in [-0.25, -0.2) is 9.97 Å². The molecule has 1 aliphatic carbocycles. The highest BCUT2D eigenvalue weighted by Crippen LogP contribution is 2.41. The van der Waals surface area contributed by atoms with Crippen LogP contribution in [0.1, 0.15) is 30.1 Å². The van der Waals surface area contributed by atoms with E-state index in [1.54, 1.807) is 12.5 Å². The van der Waals surface area contributed by atoms with E-state index >= 15 is 0 Å². The molecule has 1 unspecified atom stereocenters. The summed E-state index contributed by atoms with van der Waals surface area (Å²) < 4.78 is 0. The van der Waals surface area contributed by atoms with Crippen LogP contribution in [0.15, 0.2) is 42.9 Å². The maximum Gasteiger partial charge on any atom is 0.115 e. The molecule has 1 aromatic carbocycles. The van der Waals surface area contributed by atoms with Gasteiger partial charge in [0.15, 0.2) is 0 Å². The lowest BCUT2D eigenvalue weighted by molar-refractivity contribution is 0.476. The van der Waals surface area contributed by atoms with Gasteiger partial charge in [0.2, 0.25) is 0 Å². The second-order valence-electron chi connectivity index (χ2n) is 4.95. The predicted octanol–water partition coefficient (Wildman–Crippen LogP) is 3.37. The second-order valence-corrected chi connectivity index (χ2v) is 5.38. The Morgan fingerprint density at radius 3 is 2.63 bits per heavy atom. The van der Waals surface area contributed by atoms with Gasteiger partial charge < -0.3 is 5.32 Å². The van der Waals surface area contributed by atoms with Crippen molar-refractivity contribution in [1.82, 2.24) is 15.3 Å². The van der Waals surface area contributed by atoms with Gasteiger partial charge in [-0.2, -0.15) is 0 Å². The van der Waals surface area contributed by atoms with E-state index in [0.717, 1.165) is 23.2 Å². The third-order valence-electron chi connectivity index (χ3n) is 3.47.